The van der Waals surface area contributed by atoms with Crippen LogP contribution >= 0.6 is 54.8 Å². The maximum absolute atomic E-state index is 6.23. The van der Waals surface area contributed by atoms with Gasteiger partial charge >= 0.3 is 0 Å². The minimum atomic E-state index is -0.185. The number of hydrogen-bond acceptors (Lipinski definition) is 2. The third kappa shape index (κ3) is 2.93. The number of aryl methyl sites for hydroxylation is 1. The summed E-state index contributed by atoms with van der Waals surface area (Å²) in [6.07, 6.45) is 0. The monoisotopic (exact) mass is 393 g/mol. The van der Waals surface area contributed by atoms with Gasteiger partial charge in [-0.2, -0.15) is 0 Å². The van der Waals surface area contributed by atoms with Gasteiger partial charge < -0.3 is 5.73 Å². The summed E-state index contributed by atoms with van der Waals surface area (Å²) in [4.78, 5) is 1.08. The van der Waals surface area contributed by atoms with Crippen LogP contribution in [0.5, 0.6) is 0 Å². The number of nitrogens with two attached hydrogens (primary N) is 1. The molecule has 0 radical (unpaired) electrons. The summed E-state index contributed by atoms with van der Waals surface area (Å²) in [5.74, 6) is 0. The molecule has 0 bridgehead atoms. The predicted octanol–water partition coefficient (Wildman–Crippen LogP) is 5.28. The second-order valence-electron chi connectivity index (χ2n) is 3.77. The first kappa shape index (κ1) is 13.6. The summed E-state index contributed by atoms with van der Waals surface area (Å²) in [6, 6.07) is 7.79. The molecule has 90 valence electrons. The third-order valence-electron chi connectivity index (χ3n) is 2.46. The number of thiophene rings is 1. The van der Waals surface area contributed by atoms with Crippen LogP contribution in [0.4, 0.5) is 0 Å². The number of rotatable bonds is 2. The van der Waals surface area contributed by atoms with E-state index < -0.39 is 0 Å². The molecule has 0 amide bonds. The van der Waals surface area contributed by atoms with Crippen LogP contribution in [-0.2, 0) is 0 Å². The Morgan fingerprint density at radius 1 is 1.29 bits per heavy atom. The fraction of sp³-hybridized carbons (Fsp3) is 0.167. The molecule has 1 nitrogen and oxygen atoms in total. The molecule has 0 fully saturated rings. The van der Waals surface area contributed by atoms with Gasteiger partial charge in [0.15, 0.2) is 0 Å². The van der Waals surface area contributed by atoms with Crippen molar-refractivity contribution in [1.82, 2.24) is 0 Å². The van der Waals surface area contributed by atoms with Gasteiger partial charge in [-0.1, -0.05) is 23.7 Å². The molecule has 0 spiro atoms. The van der Waals surface area contributed by atoms with Crippen LogP contribution in [0.2, 0.25) is 5.02 Å². The van der Waals surface area contributed by atoms with Crippen molar-refractivity contribution in [2.24, 2.45) is 5.73 Å². The zero-order chi connectivity index (χ0) is 12.6. The van der Waals surface area contributed by atoms with Crippen molar-refractivity contribution in [1.29, 1.82) is 0 Å². The van der Waals surface area contributed by atoms with Gasteiger partial charge in [0.2, 0.25) is 0 Å². The normalized spacial score (nSPS) is 12.8. The lowest BCUT2D eigenvalue weighted by Crippen LogP contribution is -2.10. The zero-order valence-corrected chi connectivity index (χ0v) is 13.8. The van der Waals surface area contributed by atoms with Crippen LogP contribution in [-0.4, -0.2) is 0 Å². The minimum absolute atomic E-state index is 0.185. The van der Waals surface area contributed by atoms with E-state index in [0.717, 1.165) is 29.3 Å². The van der Waals surface area contributed by atoms with Crippen molar-refractivity contribution in [3.05, 3.63) is 53.6 Å². The highest BCUT2D eigenvalue weighted by Gasteiger charge is 2.16. The van der Waals surface area contributed by atoms with Gasteiger partial charge in [0, 0.05) is 14.4 Å². The van der Waals surface area contributed by atoms with Gasteiger partial charge in [0.05, 0.1) is 9.83 Å². The molecule has 0 aliphatic rings. The van der Waals surface area contributed by atoms with Crippen LogP contribution in [0.1, 0.15) is 22.0 Å². The Hall–Kier alpha value is 0.130. The average molecular weight is 396 g/mol. The second kappa shape index (κ2) is 5.41. The predicted molar refractivity (Wildman–Crippen MR) is 81.9 cm³/mol. The van der Waals surface area contributed by atoms with Gasteiger partial charge in [-0.3, -0.25) is 0 Å². The van der Waals surface area contributed by atoms with Gasteiger partial charge in [-0.05, 0) is 62.0 Å². The Labute approximate surface area is 126 Å². The Morgan fingerprint density at radius 2 is 2.00 bits per heavy atom. The van der Waals surface area contributed by atoms with E-state index in [4.69, 9.17) is 17.3 Å². The molecule has 1 heterocycles. The SMILES string of the molecule is Cc1ccc(C(N)c2cc(Br)c(Br)s2)c(Cl)c1. The van der Waals surface area contributed by atoms with Gasteiger partial charge in [-0.25, -0.2) is 0 Å². The lowest BCUT2D eigenvalue weighted by Gasteiger charge is -2.12. The molecule has 17 heavy (non-hydrogen) atoms. The van der Waals surface area contributed by atoms with E-state index in [9.17, 15) is 0 Å². The quantitative estimate of drug-likeness (QED) is 0.735. The van der Waals surface area contributed by atoms with E-state index in [1.165, 1.54) is 0 Å². The molecular weight excluding hydrogens is 385 g/mol. The fourth-order valence-corrected chi connectivity index (χ4v) is 4.02. The van der Waals surface area contributed by atoms with E-state index >= 15 is 0 Å². The smallest absolute Gasteiger partial charge is 0.0843 e. The molecule has 2 rings (SSSR count). The molecule has 2 N–H and O–H groups in total. The highest BCUT2D eigenvalue weighted by molar-refractivity contribution is 9.13. The molecule has 2 aromatic rings. The summed E-state index contributed by atoms with van der Waals surface area (Å²) >= 11 is 14.8. The lowest BCUT2D eigenvalue weighted by atomic mass is 10.0. The van der Waals surface area contributed by atoms with Crippen molar-refractivity contribution >= 4 is 54.8 Å². The lowest BCUT2D eigenvalue weighted by molar-refractivity contribution is 0.892. The van der Waals surface area contributed by atoms with Gasteiger partial charge in [0.25, 0.3) is 0 Å². The van der Waals surface area contributed by atoms with Crippen LogP contribution in [0.25, 0.3) is 0 Å². The molecule has 0 saturated carbocycles. The zero-order valence-electron chi connectivity index (χ0n) is 9.01. The Morgan fingerprint density at radius 3 is 2.53 bits per heavy atom. The van der Waals surface area contributed by atoms with E-state index in [1.807, 2.05) is 31.2 Å². The van der Waals surface area contributed by atoms with E-state index in [1.54, 1.807) is 11.3 Å². The Balaban J connectivity index is 2.39. The molecule has 1 atom stereocenters. The summed E-state index contributed by atoms with van der Waals surface area (Å²) in [7, 11) is 0. The van der Waals surface area contributed by atoms with Crippen LogP contribution < -0.4 is 5.73 Å². The van der Waals surface area contributed by atoms with E-state index in [0.29, 0.717) is 0 Å². The fourth-order valence-electron chi connectivity index (χ4n) is 1.55. The number of halogens is 3. The van der Waals surface area contributed by atoms with Crippen LogP contribution in [0.15, 0.2) is 32.5 Å². The number of hydrogen-bond donors (Lipinski definition) is 1. The molecule has 5 heteroatoms. The van der Waals surface area contributed by atoms with E-state index in [-0.39, 0.29) is 6.04 Å². The molecule has 0 aliphatic heterocycles. The standard InChI is InChI=1S/C12H10Br2ClNS/c1-6-2-3-7(9(15)4-6)11(16)10-5-8(13)12(14)17-10/h2-5,11H,16H2,1H3. The van der Waals surface area contributed by atoms with Gasteiger partial charge in [-0.15, -0.1) is 11.3 Å². The summed E-state index contributed by atoms with van der Waals surface area (Å²) in [5.41, 5.74) is 8.33. The van der Waals surface area contributed by atoms with Crippen molar-refractivity contribution in [3.63, 3.8) is 0 Å². The molecule has 0 aliphatic carbocycles. The average Bonchev–Trinajstić information content (AvgIpc) is 2.58. The highest BCUT2D eigenvalue weighted by Crippen LogP contribution is 2.38. The number of benzene rings is 1. The van der Waals surface area contributed by atoms with Crippen LogP contribution in [0, 0.1) is 6.92 Å². The largest absolute Gasteiger partial charge is 0.320 e. The van der Waals surface area contributed by atoms with Crippen molar-refractivity contribution in [2.75, 3.05) is 0 Å². The van der Waals surface area contributed by atoms with Crippen molar-refractivity contribution < 1.29 is 0 Å². The maximum Gasteiger partial charge on any atom is 0.0843 e. The first-order valence-electron chi connectivity index (χ1n) is 4.95. The van der Waals surface area contributed by atoms with Gasteiger partial charge in [0.1, 0.15) is 0 Å². The topological polar surface area (TPSA) is 26.0 Å². The Kier molecular flexibility index (Phi) is 4.31. The molecule has 1 aromatic heterocycles. The summed E-state index contributed by atoms with van der Waals surface area (Å²) in [5, 5.41) is 0.721. The highest BCUT2D eigenvalue weighted by atomic mass is 79.9. The minimum Gasteiger partial charge on any atom is -0.320 e. The Bertz CT molecular complexity index is 534. The molecule has 0 saturated heterocycles. The molecule has 1 unspecified atom stereocenters. The van der Waals surface area contributed by atoms with Crippen LogP contribution in [0.3, 0.4) is 0 Å². The summed E-state index contributed by atoms with van der Waals surface area (Å²) in [6.45, 7) is 2.01. The first-order chi connectivity index (χ1) is 7.99. The second-order valence-corrected chi connectivity index (χ2v) is 7.44. The molecule has 1 aromatic carbocycles. The van der Waals surface area contributed by atoms with E-state index in [2.05, 4.69) is 31.9 Å². The van der Waals surface area contributed by atoms with Crippen molar-refractivity contribution in [3.8, 4) is 0 Å². The first-order valence-corrected chi connectivity index (χ1v) is 7.73. The third-order valence-corrected chi connectivity index (χ3v) is 6.13. The summed E-state index contributed by atoms with van der Waals surface area (Å²) < 4.78 is 2.07. The maximum atomic E-state index is 6.23. The van der Waals surface area contributed by atoms with Crippen molar-refractivity contribution in [2.45, 2.75) is 13.0 Å². The molecular formula is C12H10Br2ClNS.